The van der Waals surface area contributed by atoms with E-state index >= 15 is 0 Å². The summed E-state index contributed by atoms with van der Waals surface area (Å²) < 4.78 is 9.96. The van der Waals surface area contributed by atoms with E-state index in [9.17, 15) is 9.90 Å². The number of benzene rings is 1. The molecule has 5 nitrogen and oxygen atoms in total. The Kier molecular flexibility index (Phi) is 5.45. The number of hydrogen-bond acceptors (Lipinski definition) is 4. The minimum atomic E-state index is -0.338. The molecule has 0 fully saturated rings. The van der Waals surface area contributed by atoms with Gasteiger partial charge in [0.15, 0.2) is 11.5 Å². The van der Waals surface area contributed by atoms with E-state index in [2.05, 4.69) is 5.32 Å². The van der Waals surface area contributed by atoms with Gasteiger partial charge in [0, 0.05) is 7.11 Å². The molecule has 1 unspecified atom stereocenters. The van der Waals surface area contributed by atoms with Gasteiger partial charge in [-0.25, -0.2) is 0 Å². The lowest BCUT2D eigenvalue weighted by Crippen LogP contribution is -2.37. The van der Waals surface area contributed by atoms with Crippen LogP contribution < -0.4 is 10.1 Å². The highest BCUT2D eigenvalue weighted by atomic mass is 16.5. The first kappa shape index (κ1) is 14.3. The second-order valence-corrected chi connectivity index (χ2v) is 3.89. The number of phenolic OH excluding ortho intramolecular Hbond substituents is 1. The summed E-state index contributed by atoms with van der Waals surface area (Å²) in [6.07, 6.45) is 0.754. The minimum Gasteiger partial charge on any atom is -0.504 e. The molecule has 0 saturated carbocycles. The predicted molar refractivity (Wildman–Crippen MR) is 68.1 cm³/mol. The van der Waals surface area contributed by atoms with Crippen LogP contribution in [0.5, 0.6) is 11.5 Å². The van der Waals surface area contributed by atoms with Crippen molar-refractivity contribution in [2.75, 3.05) is 20.8 Å². The monoisotopic (exact) mass is 253 g/mol. The fraction of sp³-hybridized carbons (Fsp3) is 0.462. The highest BCUT2D eigenvalue weighted by Gasteiger charge is 2.17. The van der Waals surface area contributed by atoms with Crippen molar-refractivity contribution in [2.45, 2.75) is 19.4 Å². The summed E-state index contributed by atoms with van der Waals surface area (Å²) >= 11 is 0. The van der Waals surface area contributed by atoms with Gasteiger partial charge >= 0.3 is 0 Å². The number of nitrogens with one attached hydrogen (secondary N) is 1. The number of carbonyl (C=O) groups is 1. The molecule has 0 saturated heterocycles. The third-order valence-corrected chi connectivity index (χ3v) is 2.66. The number of rotatable bonds is 6. The van der Waals surface area contributed by atoms with Crippen LogP contribution in [0.1, 0.15) is 23.7 Å². The van der Waals surface area contributed by atoms with E-state index in [1.54, 1.807) is 25.3 Å². The van der Waals surface area contributed by atoms with E-state index in [-0.39, 0.29) is 29.0 Å². The van der Waals surface area contributed by atoms with Crippen LogP contribution in [0.2, 0.25) is 0 Å². The van der Waals surface area contributed by atoms with Crippen molar-refractivity contribution in [2.24, 2.45) is 0 Å². The zero-order chi connectivity index (χ0) is 13.5. The third-order valence-electron chi connectivity index (χ3n) is 2.66. The SMILES string of the molecule is CCC(COC)NC(=O)c1cccc(OC)c1O. The van der Waals surface area contributed by atoms with Crippen LogP contribution in [0.4, 0.5) is 0 Å². The molecule has 1 aromatic rings. The Bertz CT molecular complexity index is 406. The molecular formula is C13H19NO4. The fourth-order valence-corrected chi connectivity index (χ4v) is 1.60. The zero-order valence-electron chi connectivity index (χ0n) is 10.9. The molecule has 0 radical (unpaired) electrons. The Balaban J connectivity index is 2.84. The van der Waals surface area contributed by atoms with Gasteiger partial charge in [-0.15, -0.1) is 0 Å². The summed E-state index contributed by atoms with van der Waals surface area (Å²) in [7, 11) is 3.02. The Morgan fingerprint density at radius 1 is 1.44 bits per heavy atom. The van der Waals surface area contributed by atoms with Crippen molar-refractivity contribution in [3.63, 3.8) is 0 Å². The molecule has 1 aromatic carbocycles. The molecule has 100 valence electrons. The molecule has 1 rings (SSSR count). The molecule has 1 amide bonds. The highest BCUT2D eigenvalue weighted by Crippen LogP contribution is 2.29. The maximum Gasteiger partial charge on any atom is 0.255 e. The van der Waals surface area contributed by atoms with Crippen molar-refractivity contribution in [3.05, 3.63) is 23.8 Å². The summed E-state index contributed by atoms with van der Waals surface area (Å²) in [4.78, 5) is 12.0. The molecule has 0 aliphatic rings. The number of hydrogen-bond donors (Lipinski definition) is 2. The normalized spacial score (nSPS) is 11.9. The van der Waals surface area contributed by atoms with Gasteiger partial charge in [0.1, 0.15) is 0 Å². The number of methoxy groups -OCH3 is 2. The third kappa shape index (κ3) is 3.37. The topological polar surface area (TPSA) is 67.8 Å². The average Bonchev–Trinajstić information content (AvgIpc) is 2.38. The van der Waals surface area contributed by atoms with Crippen molar-refractivity contribution in [1.82, 2.24) is 5.32 Å². The van der Waals surface area contributed by atoms with Gasteiger partial charge in [-0.3, -0.25) is 4.79 Å². The Morgan fingerprint density at radius 2 is 2.17 bits per heavy atom. The smallest absolute Gasteiger partial charge is 0.255 e. The Morgan fingerprint density at radius 3 is 2.72 bits per heavy atom. The van der Waals surface area contributed by atoms with Crippen molar-refractivity contribution < 1.29 is 19.4 Å². The van der Waals surface area contributed by atoms with Gasteiger partial charge in [-0.1, -0.05) is 13.0 Å². The molecule has 0 aliphatic heterocycles. The Hall–Kier alpha value is -1.75. The van der Waals surface area contributed by atoms with Crippen LogP contribution in [0, 0.1) is 0 Å². The predicted octanol–water partition coefficient (Wildman–Crippen LogP) is 1.56. The lowest BCUT2D eigenvalue weighted by atomic mass is 10.1. The van der Waals surface area contributed by atoms with Crippen molar-refractivity contribution in [1.29, 1.82) is 0 Å². The standard InChI is InChI=1S/C13H19NO4/c1-4-9(8-17-2)14-13(16)10-6-5-7-11(18-3)12(10)15/h5-7,9,15H,4,8H2,1-3H3,(H,14,16). The number of amides is 1. The summed E-state index contributed by atoms with van der Waals surface area (Å²) in [5, 5.41) is 12.7. The summed E-state index contributed by atoms with van der Waals surface area (Å²) in [5.74, 6) is -0.206. The molecule has 5 heteroatoms. The van der Waals surface area contributed by atoms with E-state index in [0.717, 1.165) is 6.42 Å². The molecule has 0 bridgehead atoms. The van der Waals surface area contributed by atoms with Crippen LogP contribution in [-0.4, -0.2) is 37.9 Å². The number of para-hydroxylation sites is 1. The van der Waals surface area contributed by atoms with E-state index in [1.807, 2.05) is 6.92 Å². The van der Waals surface area contributed by atoms with Gasteiger partial charge in [0.2, 0.25) is 0 Å². The molecule has 2 N–H and O–H groups in total. The van der Waals surface area contributed by atoms with Gasteiger partial charge in [-0.2, -0.15) is 0 Å². The second-order valence-electron chi connectivity index (χ2n) is 3.89. The summed E-state index contributed by atoms with van der Waals surface area (Å²) in [5.41, 5.74) is 0.198. The molecule has 0 aliphatic carbocycles. The lowest BCUT2D eigenvalue weighted by Gasteiger charge is -2.16. The number of phenols is 1. The Labute approximate surface area is 107 Å². The van der Waals surface area contributed by atoms with E-state index in [1.165, 1.54) is 7.11 Å². The largest absolute Gasteiger partial charge is 0.504 e. The van der Waals surface area contributed by atoms with Crippen LogP contribution in [0.25, 0.3) is 0 Å². The zero-order valence-corrected chi connectivity index (χ0v) is 10.9. The summed E-state index contributed by atoms with van der Waals surface area (Å²) in [6.45, 7) is 2.39. The maximum atomic E-state index is 12.0. The first-order valence-electron chi connectivity index (χ1n) is 5.79. The average molecular weight is 253 g/mol. The van der Waals surface area contributed by atoms with Crippen LogP contribution in [0.15, 0.2) is 18.2 Å². The molecule has 0 spiro atoms. The van der Waals surface area contributed by atoms with Gasteiger partial charge in [0.05, 0.1) is 25.3 Å². The lowest BCUT2D eigenvalue weighted by molar-refractivity contribution is 0.0891. The van der Waals surface area contributed by atoms with Crippen molar-refractivity contribution in [3.8, 4) is 11.5 Å². The fourth-order valence-electron chi connectivity index (χ4n) is 1.60. The molecule has 0 heterocycles. The van der Waals surface area contributed by atoms with Crippen molar-refractivity contribution >= 4 is 5.91 Å². The first-order chi connectivity index (χ1) is 8.63. The van der Waals surface area contributed by atoms with E-state index in [4.69, 9.17) is 9.47 Å². The van der Waals surface area contributed by atoms with Gasteiger partial charge in [-0.05, 0) is 18.6 Å². The van der Waals surface area contributed by atoms with Crippen LogP contribution in [0.3, 0.4) is 0 Å². The maximum absolute atomic E-state index is 12.0. The molecule has 1 atom stereocenters. The van der Waals surface area contributed by atoms with E-state index in [0.29, 0.717) is 6.61 Å². The molecule has 18 heavy (non-hydrogen) atoms. The number of ether oxygens (including phenoxy) is 2. The summed E-state index contributed by atoms with van der Waals surface area (Å²) in [6, 6.07) is 4.73. The highest BCUT2D eigenvalue weighted by molar-refractivity contribution is 5.97. The molecular weight excluding hydrogens is 234 g/mol. The minimum absolute atomic E-state index is 0.0758. The molecule has 0 aromatic heterocycles. The quantitative estimate of drug-likeness (QED) is 0.807. The first-order valence-corrected chi connectivity index (χ1v) is 5.79. The van der Waals surface area contributed by atoms with Gasteiger partial charge < -0.3 is 19.9 Å². The van der Waals surface area contributed by atoms with Crippen LogP contribution in [-0.2, 0) is 4.74 Å². The van der Waals surface area contributed by atoms with Gasteiger partial charge in [0.25, 0.3) is 5.91 Å². The number of carbonyl (C=O) groups excluding carboxylic acids is 1. The van der Waals surface area contributed by atoms with Crippen LogP contribution >= 0.6 is 0 Å². The number of aromatic hydroxyl groups is 1. The second kappa shape index (κ2) is 6.86. The van der Waals surface area contributed by atoms with E-state index < -0.39 is 0 Å².